The summed E-state index contributed by atoms with van der Waals surface area (Å²) < 4.78 is 0. The number of carboxylic acids is 1. The minimum atomic E-state index is -0.786. The molecule has 2 saturated heterocycles. The quantitative estimate of drug-likeness (QED) is 0.894. The molecule has 20 heavy (non-hydrogen) atoms. The molecule has 2 aliphatic heterocycles. The van der Waals surface area contributed by atoms with Gasteiger partial charge in [0.2, 0.25) is 5.95 Å². The van der Waals surface area contributed by atoms with Gasteiger partial charge in [-0.1, -0.05) is 0 Å². The van der Waals surface area contributed by atoms with Crippen LogP contribution in [0.2, 0.25) is 0 Å². The maximum atomic E-state index is 11.3. The zero-order chi connectivity index (χ0) is 13.9. The summed E-state index contributed by atoms with van der Waals surface area (Å²) in [6, 6.07) is 1.42. The van der Waals surface area contributed by atoms with Gasteiger partial charge in [-0.2, -0.15) is 16.7 Å². The molecule has 2 aliphatic rings. The summed E-state index contributed by atoms with van der Waals surface area (Å²) in [5, 5.41) is 9.25. The molecule has 0 amide bonds. The Morgan fingerprint density at radius 2 is 2.15 bits per heavy atom. The van der Waals surface area contributed by atoms with E-state index in [9.17, 15) is 9.90 Å². The van der Waals surface area contributed by atoms with Gasteiger partial charge in [0, 0.05) is 37.3 Å². The van der Waals surface area contributed by atoms with Gasteiger partial charge in [-0.05, 0) is 18.9 Å². The largest absolute Gasteiger partial charge is 0.480 e. The molecule has 1 aromatic rings. The van der Waals surface area contributed by atoms with Crippen LogP contribution in [-0.2, 0) is 4.79 Å². The second kappa shape index (κ2) is 5.87. The predicted octanol–water partition coefficient (Wildman–Crippen LogP) is 1.08. The SMILES string of the molecule is O=C(O)C1CCCN1c1nccc(N2CCSCC2)n1. The van der Waals surface area contributed by atoms with Crippen molar-refractivity contribution in [3.63, 3.8) is 0 Å². The molecule has 3 heterocycles. The average Bonchev–Trinajstić information content (AvgIpc) is 2.98. The van der Waals surface area contributed by atoms with E-state index in [4.69, 9.17) is 0 Å². The molecule has 0 aromatic carbocycles. The fraction of sp³-hybridized carbons (Fsp3) is 0.615. The summed E-state index contributed by atoms with van der Waals surface area (Å²) in [4.78, 5) is 24.2. The van der Waals surface area contributed by atoms with Gasteiger partial charge in [-0.25, -0.2) is 9.78 Å². The number of nitrogens with zero attached hydrogens (tertiary/aromatic N) is 4. The van der Waals surface area contributed by atoms with Crippen LogP contribution in [0, 0.1) is 0 Å². The van der Waals surface area contributed by atoms with Crippen molar-refractivity contribution in [2.75, 3.05) is 40.9 Å². The Balaban J connectivity index is 1.81. The minimum absolute atomic E-state index is 0.484. The highest BCUT2D eigenvalue weighted by atomic mass is 32.2. The van der Waals surface area contributed by atoms with E-state index in [0.717, 1.165) is 43.4 Å². The first-order valence-electron chi connectivity index (χ1n) is 6.91. The topological polar surface area (TPSA) is 69.6 Å². The van der Waals surface area contributed by atoms with Gasteiger partial charge in [-0.15, -0.1) is 0 Å². The number of anilines is 2. The van der Waals surface area contributed by atoms with Crippen molar-refractivity contribution >= 4 is 29.5 Å². The van der Waals surface area contributed by atoms with E-state index in [1.54, 1.807) is 6.20 Å². The zero-order valence-electron chi connectivity index (χ0n) is 11.2. The van der Waals surface area contributed by atoms with Crippen molar-refractivity contribution in [1.29, 1.82) is 0 Å². The fourth-order valence-corrected chi connectivity index (χ4v) is 3.61. The van der Waals surface area contributed by atoms with Gasteiger partial charge >= 0.3 is 5.97 Å². The van der Waals surface area contributed by atoms with Crippen LogP contribution in [0.1, 0.15) is 12.8 Å². The second-order valence-electron chi connectivity index (χ2n) is 5.00. The van der Waals surface area contributed by atoms with E-state index in [1.807, 2.05) is 22.7 Å². The molecule has 1 aromatic heterocycles. The van der Waals surface area contributed by atoms with E-state index in [2.05, 4.69) is 14.9 Å². The molecule has 1 atom stereocenters. The Kier molecular flexibility index (Phi) is 3.95. The Morgan fingerprint density at radius 3 is 2.90 bits per heavy atom. The van der Waals surface area contributed by atoms with E-state index < -0.39 is 12.0 Å². The van der Waals surface area contributed by atoms with Gasteiger partial charge in [0.1, 0.15) is 11.9 Å². The van der Waals surface area contributed by atoms with Crippen molar-refractivity contribution < 1.29 is 9.90 Å². The number of thioether (sulfide) groups is 1. The lowest BCUT2D eigenvalue weighted by atomic mass is 10.2. The van der Waals surface area contributed by atoms with Crippen LogP contribution < -0.4 is 9.80 Å². The van der Waals surface area contributed by atoms with Crippen molar-refractivity contribution in [2.24, 2.45) is 0 Å². The minimum Gasteiger partial charge on any atom is -0.480 e. The van der Waals surface area contributed by atoms with Gasteiger partial charge in [0.25, 0.3) is 0 Å². The molecule has 7 heteroatoms. The molecule has 1 N–H and O–H groups in total. The van der Waals surface area contributed by atoms with Crippen LogP contribution in [0.25, 0.3) is 0 Å². The van der Waals surface area contributed by atoms with Crippen LogP contribution in [0.3, 0.4) is 0 Å². The first-order chi connectivity index (χ1) is 9.75. The van der Waals surface area contributed by atoms with Crippen LogP contribution in [0.5, 0.6) is 0 Å². The molecular weight excluding hydrogens is 276 g/mol. The standard InChI is InChI=1S/C13H18N4O2S/c18-12(19)10-2-1-5-17(10)13-14-4-3-11(15-13)16-6-8-20-9-7-16/h3-4,10H,1-2,5-9H2,(H,18,19). The van der Waals surface area contributed by atoms with Crippen molar-refractivity contribution in [1.82, 2.24) is 9.97 Å². The van der Waals surface area contributed by atoms with Crippen molar-refractivity contribution in [3.8, 4) is 0 Å². The zero-order valence-corrected chi connectivity index (χ0v) is 12.1. The summed E-state index contributed by atoms with van der Waals surface area (Å²) in [5.41, 5.74) is 0. The number of hydrogen-bond donors (Lipinski definition) is 1. The van der Waals surface area contributed by atoms with E-state index in [0.29, 0.717) is 12.4 Å². The normalized spacial score (nSPS) is 23.1. The lowest BCUT2D eigenvalue weighted by Gasteiger charge is -2.28. The maximum Gasteiger partial charge on any atom is 0.326 e. The molecular formula is C13H18N4O2S. The Labute approximate surface area is 122 Å². The van der Waals surface area contributed by atoms with E-state index >= 15 is 0 Å². The molecule has 108 valence electrons. The smallest absolute Gasteiger partial charge is 0.326 e. The van der Waals surface area contributed by atoms with Crippen LogP contribution in [0.4, 0.5) is 11.8 Å². The number of aromatic nitrogens is 2. The molecule has 0 bridgehead atoms. The first-order valence-corrected chi connectivity index (χ1v) is 8.06. The van der Waals surface area contributed by atoms with Gasteiger partial charge in [0.15, 0.2) is 0 Å². The predicted molar refractivity (Wildman–Crippen MR) is 79.6 cm³/mol. The van der Waals surface area contributed by atoms with Crippen LogP contribution >= 0.6 is 11.8 Å². The third-order valence-electron chi connectivity index (χ3n) is 3.76. The summed E-state index contributed by atoms with van der Waals surface area (Å²) in [7, 11) is 0. The van der Waals surface area contributed by atoms with Crippen LogP contribution in [0.15, 0.2) is 12.3 Å². The molecule has 1 unspecified atom stereocenters. The van der Waals surface area contributed by atoms with Gasteiger partial charge in [-0.3, -0.25) is 0 Å². The summed E-state index contributed by atoms with van der Waals surface area (Å²) >= 11 is 1.95. The summed E-state index contributed by atoms with van der Waals surface area (Å²) in [6.45, 7) is 2.70. The number of aliphatic carboxylic acids is 1. The third-order valence-corrected chi connectivity index (χ3v) is 4.70. The fourth-order valence-electron chi connectivity index (χ4n) is 2.71. The molecule has 0 saturated carbocycles. The van der Waals surface area contributed by atoms with Crippen molar-refractivity contribution in [3.05, 3.63) is 12.3 Å². The van der Waals surface area contributed by atoms with Crippen molar-refractivity contribution in [2.45, 2.75) is 18.9 Å². The number of rotatable bonds is 3. The highest BCUT2D eigenvalue weighted by Gasteiger charge is 2.32. The average molecular weight is 294 g/mol. The second-order valence-corrected chi connectivity index (χ2v) is 6.23. The lowest BCUT2D eigenvalue weighted by molar-refractivity contribution is -0.138. The molecule has 0 radical (unpaired) electrons. The number of carboxylic acid groups (broad SMARTS) is 1. The molecule has 0 spiro atoms. The lowest BCUT2D eigenvalue weighted by Crippen LogP contribution is -2.38. The van der Waals surface area contributed by atoms with E-state index in [1.165, 1.54) is 0 Å². The Bertz CT molecular complexity index is 493. The monoisotopic (exact) mass is 294 g/mol. The van der Waals surface area contributed by atoms with E-state index in [-0.39, 0.29) is 0 Å². The Hall–Kier alpha value is -1.50. The first kappa shape index (κ1) is 13.5. The molecule has 3 rings (SSSR count). The van der Waals surface area contributed by atoms with Gasteiger partial charge < -0.3 is 14.9 Å². The van der Waals surface area contributed by atoms with Crippen LogP contribution in [-0.4, -0.2) is 58.2 Å². The molecule has 6 nitrogen and oxygen atoms in total. The molecule has 2 fully saturated rings. The number of carbonyl (C=O) groups is 1. The number of hydrogen-bond acceptors (Lipinski definition) is 6. The Morgan fingerprint density at radius 1 is 1.35 bits per heavy atom. The summed E-state index contributed by atoms with van der Waals surface area (Å²) in [5.74, 6) is 2.89. The molecule has 0 aliphatic carbocycles. The summed E-state index contributed by atoms with van der Waals surface area (Å²) in [6.07, 6.45) is 3.28. The maximum absolute atomic E-state index is 11.3. The highest BCUT2D eigenvalue weighted by Crippen LogP contribution is 2.25. The highest BCUT2D eigenvalue weighted by molar-refractivity contribution is 7.99. The third kappa shape index (κ3) is 2.67. The van der Waals surface area contributed by atoms with Gasteiger partial charge in [0.05, 0.1) is 0 Å².